The van der Waals surface area contributed by atoms with E-state index in [1.807, 2.05) is 37.3 Å². The Labute approximate surface area is 129 Å². The third-order valence-electron chi connectivity index (χ3n) is 3.47. The van der Waals surface area contributed by atoms with Crippen LogP contribution in [0, 0.1) is 18.8 Å². The highest BCUT2D eigenvalue weighted by Crippen LogP contribution is 2.18. The van der Waals surface area contributed by atoms with Crippen LogP contribution in [-0.2, 0) is 0 Å². The Hall–Kier alpha value is -1.90. The van der Waals surface area contributed by atoms with Crippen molar-refractivity contribution in [3.8, 4) is 11.8 Å². The maximum absolute atomic E-state index is 4.45. The van der Waals surface area contributed by atoms with Gasteiger partial charge in [0.2, 0.25) is 5.13 Å². The summed E-state index contributed by atoms with van der Waals surface area (Å²) in [6.45, 7) is 6.83. The van der Waals surface area contributed by atoms with Gasteiger partial charge in [0.05, 0.1) is 6.54 Å². The number of anilines is 1. The lowest BCUT2D eigenvalue weighted by Crippen LogP contribution is -2.46. The molecule has 1 aromatic carbocycles. The Morgan fingerprint density at radius 3 is 2.57 bits per heavy atom. The normalized spacial score (nSPS) is 15.6. The molecule has 0 aliphatic carbocycles. The van der Waals surface area contributed by atoms with Crippen LogP contribution in [-0.4, -0.2) is 47.0 Å². The smallest absolute Gasteiger partial charge is 0.205 e. The Balaban J connectivity index is 1.49. The summed E-state index contributed by atoms with van der Waals surface area (Å²) in [4.78, 5) is 9.15. The van der Waals surface area contributed by atoms with Crippen LogP contribution in [0.15, 0.2) is 30.3 Å². The minimum absolute atomic E-state index is 0.831. The van der Waals surface area contributed by atoms with Gasteiger partial charge in [-0.1, -0.05) is 30.0 Å². The Kier molecular flexibility index (Phi) is 4.49. The topological polar surface area (TPSA) is 32.3 Å². The van der Waals surface area contributed by atoms with Gasteiger partial charge >= 0.3 is 0 Å². The zero-order chi connectivity index (χ0) is 14.5. The van der Waals surface area contributed by atoms with Crippen molar-refractivity contribution in [2.75, 3.05) is 37.6 Å². The molecule has 1 saturated heterocycles. The molecule has 3 rings (SSSR count). The van der Waals surface area contributed by atoms with Gasteiger partial charge in [-0.25, -0.2) is 4.98 Å². The molecule has 0 spiro atoms. The standard InChI is InChI=1S/C16H18N4S/c1-14-17-16(21-18-14)20-12-10-19(11-13-20)9-5-8-15-6-3-2-4-7-15/h2-4,6-7H,9-13H2,1H3. The number of hydrogen-bond acceptors (Lipinski definition) is 5. The summed E-state index contributed by atoms with van der Waals surface area (Å²) in [5, 5.41) is 1.04. The second-order valence-corrected chi connectivity index (χ2v) is 5.79. The molecular formula is C16H18N4S. The summed E-state index contributed by atoms with van der Waals surface area (Å²) < 4.78 is 4.25. The highest BCUT2D eigenvalue weighted by molar-refractivity contribution is 7.09. The molecule has 0 amide bonds. The molecule has 0 atom stereocenters. The van der Waals surface area contributed by atoms with Crippen LogP contribution in [0.1, 0.15) is 11.4 Å². The van der Waals surface area contributed by atoms with Gasteiger partial charge in [0, 0.05) is 43.3 Å². The van der Waals surface area contributed by atoms with Crippen LogP contribution in [0.5, 0.6) is 0 Å². The molecular weight excluding hydrogens is 280 g/mol. The van der Waals surface area contributed by atoms with E-state index in [2.05, 4.69) is 31.0 Å². The molecule has 1 fully saturated rings. The maximum atomic E-state index is 4.45. The van der Waals surface area contributed by atoms with Crippen LogP contribution in [0.25, 0.3) is 0 Å². The molecule has 2 heterocycles. The van der Waals surface area contributed by atoms with E-state index in [0.29, 0.717) is 0 Å². The number of aryl methyl sites for hydroxylation is 1. The molecule has 0 N–H and O–H groups in total. The Morgan fingerprint density at radius 2 is 1.90 bits per heavy atom. The molecule has 1 aliphatic heterocycles. The van der Waals surface area contributed by atoms with Crippen LogP contribution >= 0.6 is 11.5 Å². The van der Waals surface area contributed by atoms with Crippen molar-refractivity contribution in [3.05, 3.63) is 41.7 Å². The first-order valence-electron chi connectivity index (χ1n) is 7.13. The average molecular weight is 298 g/mol. The minimum Gasteiger partial charge on any atom is -0.344 e. The maximum Gasteiger partial charge on any atom is 0.205 e. The largest absolute Gasteiger partial charge is 0.344 e. The fraction of sp³-hybridized carbons (Fsp3) is 0.375. The van der Waals surface area contributed by atoms with Crippen LogP contribution < -0.4 is 4.90 Å². The van der Waals surface area contributed by atoms with E-state index in [0.717, 1.165) is 49.2 Å². The molecule has 21 heavy (non-hydrogen) atoms. The number of aromatic nitrogens is 2. The molecule has 108 valence electrons. The van der Waals surface area contributed by atoms with Gasteiger partial charge < -0.3 is 4.90 Å². The third-order valence-corrected chi connectivity index (χ3v) is 4.34. The Morgan fingerprint density at radius 1 is 1.14 bits per heavy atom. The summed E-state index contributed by atoms with van der Waals surface area (Å²) >= 11 is 1.49. The predicted molar refractivity (Wildman–Crippen MR) is 86.6 cm³/mol. The van der Waals surface area contributed by atoms with Gasteiger partial charge in [0.15, 0.2) is 0 Å². The van der Waals surface area contributed by atoms with E-state index in [1.54, 1.807) is 0 Å². The van der Waals surface area contributed by atoms with Crippen molar-refractivity contribution < 1.29 is 0 Å². The third kappa shape index (κ3) is 3.81. The van der Waals surface area contributed by atoms with E-state index in [4.69, 9.17) is 0 Å². The van der Waals surface area contributed by atoms with E-state index < -0.39 is 0 Å². The van der Waals surface area contributed by atoms with Crippen molar-refractivity contribution >= 4 is 16.7 Å². The zero-order valence-corrected chi connectivity index (χ0v) is 12.9. The van der Waals surface area contributed by atoms with Crippen molar-refractivity contribution in [1.29, 1.82) is 0 Å². The van der Waals surface area contributed by atoms with Crippen molar-refractivity contribution in [1.82, 2.24) is 14.3 Å². The molecule has 0 bridgehead atoms. The number of piperazine rings is 1. The second-order valence-electron chi connectivity index (χ2n) is 5.06. The number of benzene rings is 1. The molecule has 0 saturated carbocycles. The summed E-state index contributed by atoms with van der Waals surface area (Å²) in [6, 6.07) is 10.1. The lowest BCUT2D eigenvalue weighted by atomic mass is 10.2. The molecule has 2 aromatic rings. The van der Waals surface area contributed by atoms with E-state index in [-0.39, 0.29) is 0 Å². The first-order chi connectivity index (χ1) is 10.3. The molecule has 0 radical (unpaired) electrons. The molecule has 4 nitrogen and oxygen atoms in total. The number of rotatable bonds is 2. The lowest BCUT2D eigenvalue weighted by molar-refractivity contribution is 0.288. The SMILES string of the molecule is Cc1nsc(N2CCN(CC#Cc3ccccc3)CC2)n1. The Bertz CT molecular complexity index is 633. The molecule has 1 aliphatic rings. The highest BCUT2D eigenvalue weighted by atomic mass is 32.1. The van der Waals surface area contributed by atoms with Crippen molar-refractivity contribution in [2.45, 2.75) is 6.92 Å². The van der Waals surface area contributed by atoms with Crippen LogP contribution in [0.4, 0.5) is 5.13 Å². The monoisotopic (exact) mass is 298 g/mol. The summed E-state index contributed by atoms with van der Waals surface area (Å²) in [5.74, 6) is 7.34. The molecule has 0 unspecified atom stereocenters. The van der Waals surface area contributed by atoms with E-state index in [9.17, 15) is 0 Å². The van der Waals surface area contributed by atoms with E-state index in [1.165, 1.54) is 11.5 Å². The highest BCUT2D eigenvalue weighted by Gasteiger charge is 2.18. The zero-order valence-electron chi connectivity index (χ0n) is 12.1. The van der Waals surface area contributed by atoms with Crippen molar-refractivity contribution in [2.24, 2.45) is 0 Å². The van der Waals surface area contributed by atoms with E-state index >= 15 is 0 Å². The fourth-order valence-corrected chi connectivity index (χ4v) is 3.01. The van der Waals surface area contributed by atoms with Crippen LogP contribution in [0.3, 0.4) is 0 Å². The summed E-state index contributed by atoms with van der Waals surface area (Å²) in [6.07, 6.45) is 0. The quantitative estimate of drug-likeness (QED) is 0.794. The van der Waals surface area contributed by atoms with Gasteiger partial charge in [-0.3, -0.25) is 4.90 Å². The molecule has 1 aromatic heterocycles. The van der Waals surface area contributed by atoms with Gasteiger partial charge in [0.25, 0.3) is 0 Å². The van der Waals surface area contributed by atoms with Gasteiger partial charge in [0.1, 0.15) is 5.82 Å². The van der Waals surface area contributed by atoms with Gasteiger partial charge in [-0.2, -0.15) is 4.37 Å². The minimum atomic E-state index is 0.831. The molecule has 5 heteroatoms. The summed E-state index contributed by atoms with van der Waals surface area (Å²) in [5.41, 5.74) is 1.08. The first kappa shape index (κ1) is 14.1. The predicted octanol–water partition coefficient (Wildman–Crippen LogP) is 2.02. The van der Waals surface area contributed by atoms with Crippen LogP contribution in [0.2, 0.25) is 0 Å². The number of hydrogen-bond donors (Lipinski definition) is 0. The van der Waals surface area contributed by atoms with Crippen molar-refractivity contribution in [3.63, 3.8) is 0 Å². The average Bonchev–Trinajstić information content (AvgIpc) is 2.96. The fourth-order valence-electron chi connectivity index (χ4n) is 2.29. The lowest BCUT2D eigenvalue weighted by Gasteiger charge is -2.33. The van der Waals surface area contributed by atoms with Gasteiger partial charge in [-0.15, -0.1) is 0 Å². The second kappa shape index (κ2) is 6.70. The first-order valence-corrected chi connectivity index (χ1v) is 7.90. The summed E-state index contributed by atoms with van der Waals surface area (Å²) in [7, 11) is 0. The van der Waals surface area contributed by atoms with Gasteiger partial charge in [-0.05, 0) is 19.1 Å². The number of nitrogens with zero attached hydrogens (tertiary/aromatic N) is 4.